The fraction of sp³-hybridized carbons (Fsp3) is 0.176. The number of nitrogens with zero attached hydrogens (tertiary/aromatic N) is 2. The normalized spacial score (nSPS) is 17.5. The van der Waals surface area contributed by atoms with Gasteiger partial charge in [0.1, 0.15) is 11.6 Å². The first-order chi connectivity index (χ1) is 10.5. The van der Waals surface area contributed by atoms with Crippen LogP contribution in [0.25, 0.3) is 0 Å². The van der Waals surface area contributed by atoms with Crippen LogP contribution in [0.2, 0.25) is 0 Å². The molecule has 4 nitrogen and oxygen atoms in total. The van der Waals surface area contributed by atoms with E-state index in [0.29, 0.717) is 6.42 Å². The fourth-order valence-corrected chi connectivity index (χ4v) is 2.61. The van der Waals surface area contributed by atoms with Crippen LogP contribution in [0.1, 0.15) is 30.5 Å². The third-order valence-electron chi connectivity index (χ3n) is 3.67. The molecule has 0 bridgehead atoms. The standard InChI is InChI=1S/C17H15FN2O2/c1-11(21)20-17(12-5-7-14(18)8-6-12)10-16(19-20)13-3-2-4-15(22)9-13/h2-9,17,22H,10H2,1H3. The van der Waals surface area contributed by atoms with Crippen LogP contribution in [-0.4, -0.2) is 21.7 Å². The minimum atomic E-state index is -0.315. The van der Waals surface area contributed by atoms with Gasteiger partial charge in [-0.1, -0.05) is 24.3 Å². The van der Waals surface area contributed by atoms with E-state index < -0.39 is 0 Å². The molecule has 1 atom stereocenters. The Morgan fingerprint density at radius 3 is 2.64 bits per heavy atom. The molecule has 0 saturated carbocycles. The number of hydrazone groups is 1. The van der Waals surface area contributed by atoms with Crippen LogP contribution < -0.4 is 0 Å². The molecule has 0 spiro atoms. The maximum Gasteiger partial charge on any atom is 0.240 e. The second-order valence-electron chi connectivity index (χ2n) is 5.23. The predicted molar refractivity (Wildman–Crippen MR) is 80.9 cm³/mol. The van der Waals surface area contributed by atoms with E-state index in [4.69, 9.17) is 0 Å². The lowest BCUT2D eigenvalue weighted by Gasteiger charge is -2.20. The summed E-state index contributed by atoms with van der Waals surface area (Å²) in [5.74, 6) is -0.338. The summed E-state index contributed by atoms with van der Waals surface area (Å²) in [5.41, 5.74) is 2.33. The van der Waals surface area contributed by atoms with Crippen LogP contribution in [0.15, 0.2) is 53.6 Å². The highest BCUT2D eigenvalue weighted by molar-refractivity contribution is 6.03. The Morgan fingerprint density at radius 2 is 2.00 bits per heavy atom. The first-order valence-electron chi connectivity index (χ1n) is 6.97. The lowest BCUT2D eigenvalue weighted by Crippen LogP contribution is -2.24. The maximum atomic E-state index is 13.1. The highest BCUT2D eigenvalue weighted by Crippen LogP contribution is 2.33. The van der Waals surface area contributed by atoms with E-state index in [-0.39, 0.29) is 23.5 Å². The van der Waals surface area contributed by atoms with Gasteiger partial charge in [0.2, 0.25) is 5.91 Å². The highest BCUT2D eigenvalue weighted by atomic mass is 19.1. The minimum Gasteiger partial charge on any atom is -0.508 e. The number of carbonyl (C=O) groups is 1. The number of hydrogen-bond donors (Lipinski definition) is 1. The van der Waals surface area contributed by atoms with Crippen molar-refractivity contribution in [1.82, 2.24) is 5.01 Å². The summed E-state index contributed by atoms with van der Waals surface area (Å²) >= 11 is 0. The number of amides is 1. The molecular formula is C17H15FN2O2. The van der Waals surface area contributed by atoms with Gasteiger partial charge in [-0.2, -0.15) is 5.10 Å². The number of rotatable bonds is 2. The molecule has 2 aromatic carbocycles. The molecule has 112 valence electrons. The number of halogens is 1. The second-order valence-corrected chi connectivity index (χ2v) is 5.23. The molecule has 1 aliphatic heterocycles. The number of aromatic hydroxyl groups is 1. The van der Waals surface area contributed by atoms with Gasteiger partial charge < -0.3 is 5.11 Å². The van der Waals surface area contributed by atoms with E-state index >= 15 is 0 Å². The van der Waals surface area contributed by atoms with Crippen LogP contribution >= 0.6 is 0 Å². The van der Waals surface area contributed by atoms with Gasteiger partial charge in [-0.3, -0.25) is 4.79 Å². The first kappa shape index (κ1) is 14.3. The van der Waals surface area contributed by atoms with Crippen molar-refractivity contribution in [2.24, 2.45) is 5.10 Å². The third-order valence-corrected chi connectivity index (χ3v) is 3.67. The molecule has 5 heteroatoms. The van der Waals surface area contributed by atoms with Crippen LogP contribution in [0.3, 0.4) is 0 Å². The van der Waals surface area contributed by atoms with Crippen molar-refractivity contribution < 1.29 is 14.3 Å². The Morgan fingerprint density at radius 1 is 1.27 bits per heavy atom. The van der Waals surface area contributed by atoms with Gasteiger partial charge in [0.15, 0.2) is 0 Å². The van der Waals surface area contributed by atoms with Crippen LogP contribution in [0.5, 0.6) is 5.75 Å². The molecule has 0 fully saturated rings. The fourth-order valence-electron chi connectivity index (χ4n) is 2.61. The topological polar surface area (TPSA) is 52.9 Å². The summed E-state index contributed by atoms with van der Waals surface area (Å²) in [5, 5.41) is 15.4. The molecule has 2 aromatic rings. The smallest absolute Gasteiger partial charge is 0.240 e. The zero-order chi connectivity index (χ0) is 15.7. The predicted octanol–water partition coefficient (Wildman–Crippen LogP) is 3.23. The molecule has 0 aliphatic carbocycles. The van der Waals surface area contributed by atoms with Crippen molar-refractivity contribution in [3.05, 3.63) is 65.5 Å². The Labute approximate surface area is 127 Å². The van der Waals surface area contributed by atoms with Gasteiger partial charge >= 0.3 is 0 Å². The first-order valence-corrected chi connectivity index (χ1v) is 6.97. The van der Waals surface area contributed by atoms with Gasteiger partial charge in [-0.15, -0.1) is 0 Å². The number of carbonyl (C=O) groups excluding carboxylic acids is 1. The van der Waals surface area contributed by atoms with E-state index in [2.05, 4.69) is 5.10 Å². The molecular weight excluding hydrogens is 283 g/mol. The molecule has 1 N–H and O–H groups in total. The lowest BCUT2D eigenvalue weighted by atomic mass is 9.98. The van der Waals surface area contributed by atoms with Crippen LogP contribution in [0, 0.1) is 5.82 Å². The summed E-state index contributed by atoms with van der Waals surface area (Å²) in [6.45, 7) is 1.45. The Hall–Kier alpha value is -2.69. The summed E-state index contributed by atoms with van der Waals surface area (Å²) in [6.07, 6.45) is 0.522. The molecule has 1 amide bonds. The number of benzene rings is 2. The van der Waals surface area contributed by atoms with Crippen molar-refractivity contribution in [3.63, 3.8) is 0 Å². The molecule has 0 aromatic heterocycles. The van der Waals surface area contributed by atoms with Crippen molar-refractivity contribution in [2.45, 2.75) is 19.4 Å². The molecule has 3 rings (SSSR count). The van der Waals surface area contributed by atoms with E-state index in [1.807, 2.05) is 6.07 Å². The van der Waals surface area contributed by atoms with Gasteiger partial charge in [0.25, 0.3) is 0 Å². The quantitative estimate of drug-likeness (QED) is 0.925. The Balaban J connectivity index is 1.94. The van der Waals surface area contributed by atoms with Crippen molar-refractivity contribution in [3.8, 4) is 5.75 Å². The summed E-state index contributed by atoms with van der Waals surface area (Å²) in [6, 6.07) is 12.6. The largest absolute Gasteiger partial charge is 0.508 e. The lowest BCUT2D eigenvalue weighted by molar-refractivity contribution is -0.130. The molecule has 1 aliphatic rings. The molecule has 0 radical (unpaired) electrons. The summed E-state index contributed by atoms with van der Waals surface area (Å²) in [4.78, 5) is 11.8. The van der Waals surface area contributed by atoms with Crippen molar-refractivity contribution in [1.29, 1.82) is 0 Å². The molecule has 22 heavy (non-hydrogen) atoms. The summed E-state index contributed by atoms with van der Waals surface area (Å²) < 4.78 is 13.1. The zero-order valence-corrected chi connectivity index (χ0v) is 12.0. The van der Waals surface area contributed by atoms with Crippen molar-refractivity contribution >= 4 is 11.6 Å². The molecule has 0 saturated heterocycles. The van der Waals surface area contributed by atoms with Gasteiger partial charge in [-0.25, -0.2) is 9.40 Å². The van der Waals surface area contributed by atoms with E-state index in [0.717, 1.165) is 16.8 Å². The molecule has 1 heterocycles. The summed E-state index contributed by atoms with van der Waals surface area (Å²) in [7, 11) is 0. The average Bonchev–Trinajstić information content (AvgIpc) is 2.93. The second kappa shape index (κ2) is 5.60. The van der Waals surface area contributed by atoms with E-state index in [1.165, 1.54) is 24.1 Å². The Kier molecular flexibility index (Phi) is 3.63. The SMILES string of the molecule is CC(=O)N1N=C(c2cccc(O)c2)CC1c1ccc(F)cc1. The van der Waals surface area contributed by atoms with Crippen LogP contribution in [0.4, 0.5) is 4.39 Å². The van der Waals surface area contributed by atoms with Crippen LogP contribution in [-0.2, 0) is 4.79 Å². The van der Waals surface area contributed by atoms with Crippen molar-refractivity contribution in [2.75, 3.05) is 0 Å². The monoisotopic (exact) mass is 298 g/mol. The molecule has 1 unspecified atom stereocenters. The van der Waals surface area contributed by atoms with Gasteiger partial charge in [0.05, 0.1) is 11.8 Å². The van der Waals surface area contributed by atoms with Gasteiger partial charge in [-0.05, 0) is 29.8 Å². The average molecular weight is 298 g/mol. The number of phenols is 1. The minimum absolute atomic E-state index is 0.153. The Bertz CT molecular complexity index is 741. The van der Waals surface area contributed by atoms with E-state index in [9.17, 15) is 14.3 Å². The zero-order valence-electron chi connectivity index (χ0n) is 12.0. The maximum absolute atomic E-state index is 13.1. The highest BCUT2D eigenvalue weighted by Gasteiger charge is 2.31. The third kappa shape index (κ3) is 2.70. The number of phenolic OH excluding ortho intramolecular Hbond substituents is 1. The number of hydrogen-bond acceptors (Lipinski definition) is 3. The van der Waals surface area contributed by atoms with E-state index in [1.54, 1.807) is 30.3 Å². The van der Waals surface area contributed by atoms with Gasteiger partial charge in [0, 0.05) is 18.9 Å².